The molecule has 2 N–H and O–H groups in total. The lowest BCUT2D eigenvalue weighted by Gasteiger charge is -2.04. The molecular formula is C10H13N3O. The summed E-state index contributed by atoms with van der Waals surface area (Å²) in [5.41, 5.74) is 1.31. The Labute approximate surface area is 83.2 Å². The Kier molecular flexibility index (Phi) is 4.45. The fourth-order valence-electron chi connectivity index (χ4n) is 1.07. The van der Waals surface area contributed by atoms with Crippen LogP contribution < -0.4 is 5.32 Å². The second-order valence-corrected chi connectivity index (χ2v) is 2.90. The highest BCUT2D eigenvalue weighted by atomic mass is 16.2. The molecule has 14 heavy (non-hydrogen) atoms. The average Bonchev–Trinajstić information content (AvgIpc) is 2.25. The summed E-state index contributed by atoms with van der Waals surface area (Å²) >= 11 is 0. The maximum absolute atomic E-state index is 8.60. The van der Waals surface area contributed by atoms with Crippen molar-refractivity contribution >= 4 is 5.69 Å². The van der Waals surface area contributed by atoms with E-state index in [-0.39, 0.29) is 6.61 Å². The standard InChI is InChI=1S/C10H13N3O/c11-8-10-7-9(3-5-13-10)12-4-1-2-6-14/h3,5,7,14H,1-2,4,6H2,(H,12,13). The lowest BCUT2D eigenvalue weighted by atomic mass is 10.3. The highest BCUT2D eigenvalue weighted by molar-refractivity contribution is 5.45. The molecule has 0 aromatic carbocycles. The Bertz CT molecular complexity index is 319. The van der Waals surface area contributed by atoms with E-state index in [0.29, 0.717) is 5.69 Å². The Morgan fingerprint density at radius 1 is 1.50 bits per heavy atom. The first-order valence-electron chi connectivity index (χ1n) is 4.57. The first-order valence-corrected chi connectivity index (χ1v) is 4.57. The minimum Gasteiger partial charge on any atom is -0.396 e. The topological polar surface area (TPSA) is 68.9 Å². The van der Waals surface area contributed by atoms with Crippen molar-refractivity contribution in [3.05, 3.63) is 24.0 Å². The molecule has 0 aliphatic rings. The molecule has 0 atom stereocenters. The number of hydrogen-bond donors (Lipinski definition) is 2. The van der Waals surface area contributed by atoms with Crippen LogP contribution >= 0.6 is 0 Å². The third-order valence-corrected chi connectivity index (χ3v) is 1.79. The molecular weight excluding hydrogens is 178 g/mol. The van der Waals surface area contributed by atoms with Gasteiger partial charge in [-0.15, -0.1) is 0 Å². The molecule has 1 aromatic heterocycles. The number of anilines is 1. The van der Waals surface area contributed by atoms with Gasteiger partial charge in [-0.2, -0.15) is 5.26 Å². The van der Waals surface area contributed by atoms with Crippen molar-refractivity contribution in [3.8, 4) is 6.07 Å². The number of aromatic nitrogens is 1. The van der Waals surface area contributed by atoms with E-state index in [4.69, 9.17) is 10.4 Å². The number of aliphatic hydroxyl groups excluding tert-OH is 1. The Morgan fingerprint density at radius 3 is 3.07 bits per heavy atom. The molecule has 0 bridgehead atoms. The zero-order chi connectivity index (χ0) is 10.2. The van der Waals surface area contributed by atoms with E-state index in [0.717, 1.165) is 25.1 Å². The summed E-state index contributed by atoms with van der Waals surface area (Å²) in [5, 5.41) is 20.3. The van der Waals surface area contributed by atoms with Gasteiger partial charge in [0.2, 0.25) is 0 Å². The summed E-state index contributed by atoms with van der Waals surface area (Å²) < 4.78 is 0. The number of aliphatic hydroxyl groups is 1. The number of nitrogens with zero attached hydrogens (tertiary/aromatic N) is 2. The van der Waals surface area contributed by atoms with Crippen molar-refractivity contribution in [2.75, 3.05) is 18.5 Å². The number of nitriles is 1. The summed E-state index contributed by atoms with van der Waals surface area (Å²) in [4.78, 5) is 3.86. The average molecular weight is 191 g/mol. The van der Waals surface area contributed by atoms with Gasteiger partial charge in [-0.3, -0.25) is 0 Å². The molecule has 0 saturated carbocycles. The predicted molar refractivity (Wildman–Crippen MR) is 53.8 cm³/mol. The van der Waals surface area contributed by atoms with Crippen LogP contribution in [0.2, 0.25) is 0 Å². The van der Waals surface area contributed by atoms with Crippen LogP contribution in [0.15, 0.2) is 18.3 Å². The number of pyridine rings is 1. The van der Waals surface area contributed by atoms with Gasteiger partial charge < -0.3 is 10.4 Å². The molecule has 4 nitrogen and oxygen atoms in total. The highest BCUT2D eigenvalue weighted by Crippen LogP contribution is 2.06. The fourth-order valence-corrected chi connectivity index (χ4v) is 1.07. The van der Waals surface area contributed by atoms with Crippen LogP contribution in [0.3, 0.4) is 0 Å². The molecule has 0 fully saturated rings. The summed E-state index contributed by atoms with van der Waals surface area (Å²) in [7, 11) is 0. The van der Waals surface area contributed by atoms with E-state index in [9.17, 15) is 0 Å². The van der Waals surface area contributed by atoms with Crippen LogP contribution in [0.25, 0.3) is 0 Å². The molecule has 1 heterocycles. The molecule has 0 aliphatic carbocycles. The number of nitrogens with one attached hydrogen (secondary N) is 1. The van der Waals surface area contributed by atoms with Crippen LogP contribution in [0, 0.1) is 11.3 Å². The van der Waals surface area contributed by atoms with E-state index in [2.05, 4.69) is 10.3 Å². The van der Waals surface area contributed by atoms with Crippen LogP contribution in [-0.4, -0.2) is 23.2 Å². The molecule has 0 saturated heterocycles. The van der Waals surface area contributed by atoms with Crippen LogP contribution in [0.5, 0.6) is 0 Å². The van der Waals surface area contributed by atoms with Gasteiger partial charge in [-0.25, -0.2) is 4.98 Å². The first-order chi connectivity index (χ1) is 6.86. The van der Waals surface area contributed by atoms with Crippen LogP contribution in [0.1, 0.15) is 18.5 Å². The normalized spacial score (nSPS) is 9.43. The molecule has 4 heteroatoms. The van der Waals surface area contributed by atoms with Gasteiger partial charge in [0.25, 0.3) is 0 Å². The lowest BCUT2D eigenvalue weighted by molar-refractivity contribution is 0.286. The van der Waals surface area contributed by atoms with Crippen LogP contribution in [0.4, 0.5) is 5.69 Å². The molecule has 0 amide bonds. The lowest BCUT2D eigenvalue weighted by Crippen LogP contribution is -2.02. The minimum absolute atomic E-state index is 0.224. The van der Waals surface area contributed by atoms with Crippen molar-refractivity contribution in [2.45, 2.75) is 12.8 Å². The second kappa shape index (κ2) is 5.95. The molecule has 74 valence electrons. The van der Waals surface area contributed by atoms with Crippen molar-refractivity contribution in [3.63, 3.8) is 0 Å². The van der Waals surface area contributed by atoms with E-state index < -0.39 is 0 Å². The molecule has 0 aliphatic heterocycles. The fraction of sp³-hybridized carbons (Fsp3) is 0.400. The monoisotopic (exact) mass is 191 g/mol. The van der Waals surface area contributed by atoms with Crippen molar-refractivity contribution < 1.29 is 5.11 Å². The van der Waals surface area contributed by atoms with Crippen molar-refractivity contribution in [1.29, 1.82) is 5.26 Å². The molecule has 0 spiro atoms. The van der Waals surface area contributed by atoms with Gasteiger partial charge in [-0.05, 0) is 25.0 Å². The summed E-state index contributed by atoms with van der Waals surface area (Å²) in [5.74, 6) is 0. The van der Waals surface area contributed by atoms with E-state index in [1.165, 1.54) is 0 Å². The number of unbranched alkanes of at least 4 members (excludes halogenated alkanes) is 1. The quantitative estimate of drug-likeness (QED) is 0.685. The Morgan fingerprint density at radius 2 is 2.36 bits per heavy atom. The maximum Gasteiger partial charge on any atom is 0.142 e. The SMILES string of the molecule is N#Cc1cc(NCCCCO)ccn1. The third kappa shape index (κ3) is 3.42. The van der Waals surface area contributed by atoms with Gasteiger partial charge in [0, 0.05) is 25.0 Å². The second-order valence-electron chi connectivity index (χ2n) is 2.90. The molecule has 1 rings (SSSR count). The van der Waals surface area contributed by atoms with Crippen molar-refractivity contribution in [1.82, 2.24) is 4.98 Å². The summed E-state index contributed by atoms with van der Waals surface area (Å²) in [6.07, 6.45) is 3.32. The maximum atomic E-state index is 8.60. The van der Waals surface area contributed by atoms with Crippen molar-refractivity contribution in [2.24, 2.45) is 0 Å². The number of rotatable bonds is 5. The third-order valence-electron chi connectivity index (χ3n) is 1.79. The zero-order valence-corrected chi connectivity index (χ0v) is 7.90. The highest BCUT2D eigenvalue weighted by Gasteiger charge is 1.94. The largest absolute Gasteiger partial charge is 0.396 e. The Hall–Kier alpha value is -1.60. The first kappa shape index (κ1) is 10.5. The van der Waals surface area contributed by atoms with Gasteiger partial charge >= 0.3 is 0 Å². The van der Waals surface area contributed by atoms with E-state index in [1.54, 1.807) is 12.3 Å². The number of hydrogen-bond acceptors (Lipinski definition) is 4. The molecule has 0 unspecified atom stereocenters. The predicted octanol–water partition coefficient (Wildman–Crippen LogP) is 1.14. The summed E-state index contributed by atoms with van der Waals surface area (Å²) in [6, 6.07) is 5.50. The van der Waals surface area contributed by atoms with Gasteiger partial charge in [0.1, 0.15) is 11.8 Å². The van der Waals surface area contributed by atoms with Gasteiger partial charge in [0.05, 0.1) is 0 Å². The minimum atomic E-state index is 0.224. The van der Waals surface area contributed by atoms with Gasteiger partial charge in [-0.1, -0.05) is 0 Å². The van der Waals surface area contributed by atoms with Crippen LogP contribution in [-0.2, 0) is 0 Å². The molecule has 0 radical (unpaired) electrons. The smallest absolute Gasteiger partial charge is 0.142 e. The van der Waals surface area contributed by atoms with Gasteiger partial charge in [0.15, 0.2) is 0 Å². The van der Waals surface area contributed by atoms with E-state index in [1.807, 2.05) is 12.1 Å². The molecule has 1 aromatic rings. The summed E-state index contributed by atoms with van der Waals surface area (Å²) in [6.45, 7) is 1.02. The van der Waals surface area contributed by atoms with E-state index >= 15 is 0 Å². The Balaban J connectivity index is 2.39. The zero-order valence-electron chi connectivity index (χ0n) is 7.90.